The van der Waals surface area contributed by atoms with Gasteiger partial charge in [0, 0.05) is 12.5 Å². The normalized spacial score (nSPS) is 11.1. The van der Waals surface area contributed by atoms with Crippen LogP contribution < -0.4 is 5.73 Å². The van der Waals surface area contributed by atoms with Crippen LogP contribution in [0.15, 0.2) is 35.5 Å². The van der Waals surface area contributed by atoms with E-state index in [0.717, 1.165) is 6.26 Å². The van der Waals surface area contributed by atoms with E-state index in [-0.39, 0.29) is 4.90 Å². The molecule has 0 radical (unpaired) electrons. The Labute approximate surface area is 104 Å². The minimum Gasteiger partial charge on any atom is -0.397 e. The maximum atomic E-state index is 11.3. The number of nitrogens with zero attached hydrogens (tertiary/aromatic N) is 3. The highest BCUT2D eigenvalue weighted by molar-refractivity contribution is 7.90. The van der Waals surface area contributed by atoms with Gasteiger partial charge in [-0.25, -0.2) is 13.1 Å². The molecule has 18 heavy (non-hydrogen) atoms. The zero-order valence-electron chi connectivity index (χ0n) is 9.53. The van der Waals surface area contributed by atoms with E-state index in [4.69, 9.17) is 11.0 Å². The number of sulfone groups is 1. The Morgan fingerprint density at radius 3 is 2.67 bits per heavy atom. The number of nitriles is 1. The SMILES string of the molecule is CS(=O)(=O)c1cnn(-c2ccc(C#N)cc2N)c1. The number of hydrogen-bond donors (Lipinski definition) is 1. The monoisotopic (exact) mass is 262 g/mol. The summed E-state index contributed by atoms with van der Waals surface area (Å²) in [7, 11) is -3.29. The summed E-state index contributed by atoms with van der Waals surface area (Å²) < 4.78 is 24.0. The molecule has 1 aromatic heterocycles. The Bertz CT molecular complexity index is 741. The largest absolute Gasteiger partial charge is 0.397 e. The van der Waals surface area contributed by atoms with Crippen molar-refractivity contribution in [2.24, 2.45) is 0 Å². The standard InChI is InChI=1S/C11H10N4O2S/c1-18(16,17)9-6-14-15(7-9)11-3-2-8(5-12)4-10(11)13/h2-4,6-7H,13H2,1H3. The highest BCUT2D eigenvalue weighted by atomic mass is 32.2. The summed E-state index contributed by atoms with van der Waals surface area (Å²) in [5.74, 6) is 0. The lowest BCUT2D eigenvalue weighted by molar-refractivity contribution is 0.602. The van der Waals surface area contributed by atoms with Gasteiger partial charge in [-0.05, 0) is 18.2 Å². The number of aromatic nitrogens is 2. The maximum absolute atomic E-state index is 11.3. The molecule has 1 heterocycles. The second-order valence-corrected chi connectivity index (χ2v) is 5.79. The van der Waals surface area contributed by atoms with E-state index in [1.165, 1.54) is 23.1 Å². The van der Waals surface area contributed by atoms with Crippen LogP contribution >= 0.6 is 0 Å². The minimum absolute atomic E-state index is 0.117. The molecule has 0 aliphatic heterocycles. The number of anilines is 1. The molecule has 0 saturated heterocycles. The number of nitrogens with two attached hydrogens (primary N) is 1. The van der Waals surface area contributed by atoms with Crippen molar-refractivity contribution in [3.05, 3.63) is 36.2 Å². The first-order valence-electron chi connectivity index (χ1n) is 4.96. The van der Waals surface area contributed by atoms with E-state index in [1.807, 2.05) is 6.07 Å². The minimum atomic E-state index is -3.29. The lowest BCUT2D eigenvalue weighted by Gasteiger charge is -2.05. The van der Waals surface area contributed by atoms with E-state index < -0.39 is 9.84 Å². The van der Waals surface area contributed by atoms with Crippen molar-refractivity contribution in [2.75, 3.05) is 12.0 Å². The number of rotatable bonds is 2. The van der Waals surface area contributed by atoms with E-state index >= 15 is 0 Å². The van der Waals surface area contributed by atoms with Crippen LogP contribution in [0.5, 0.6) is 0 Å². The predicted octanol–water partition coefficient (Wildman–Crippen LogP) is 0.730. The second-order valence-electron chi connectivity index (χ2n) is 3.78. The Kier molecular flexibility index (Phi) is 2.80. The molecule has 92 valence electrons. The van der Waals surface area contributed by atoms with Gasteiger partial charge in [-0.15, -0.1) is 0 Å². The summed E-state index contributed by atoms with van der Waals surface area (Å²) in [5, 5.41) is 12.7. The first-order valence-corrected chi connectivity index (χ1v) is 6.85. The molecule has 2 rings (SSSR count). The fraction of sp³-hybridized carbons (Fsp3) is 0.0909. The third kappa shape index (κ3) is 2.19. The average molecular weight is 262 g/mol. The van der Waals surface area contributed by atoms with Crippen molar-refractivity contribution in [3.8, 4) is 11.8 Å². The molecule has 0 atom stereocenters. The Morgan fingerprint density at radius 1 is 1.44 bits per heavy atom. The van der Waals surface area contributed by atoms with Crippen molar-refractivity contribution in [1.29, 1.82) is 5.26 Å². The Morgan fingerprint density at radius 2 is 2.17 bits per heavy atom. The lowest BCUT2D eigenvalue weighted by Crippen LogP contribution is -2.01. The molecule has 2 N–H and O–H groups in total. The van der Waals surface area contributed by atoms with Gasteiger partial charge in [0.05, 0.1) is 29.2 Å². The summed E-state index contributed by atoms with van der Waals surface area (Å²) in [6.45, 7) is 0. The number of hydrogen-bond acceptors (Lipinski definition) is 5. The van der Waals surface area contributed by atoms with Crippen molar-refractivity contribution in [3.63, 3.8) is 0 Å². The van der Waals surface area contributed by atoms with Gasteiger partial charge in [0.25, 0.3) is 0 Å². The van der Waals surface area contributed by atoms with Crippen molar-refractivity contribution in [1.82, 2.24) is 9.78 Å². The summed E-state index contributed by atoms with van der Waals surface area (Å²) in [4.78, 5) is 0.117. The first-order chi connectivity index (χ1) is 8.41. The molecule has 7 heteroatoms. The van der Waals surface area contributed by atoms with Crippen LogP contribution in [0.3, 0.4) is 0 Å². The summed E-state index contributed by atoms with van der Waals surface area (Å²) >= 11 is 0. The van der Waals surface area contributed by atoms with Crippen LogP contribution in [0.1, 0.15) is 5.56 Å². The van der Waals surface area contributed by atoms with E-state index in [0.29, 0.717) is 16.9 Å². The molecule has 0 aliphatic rings. The van der Waals surface area contributed by atoms with Crippen molar-refractivity contribution >= 4 is 15.5 Å². The van der Waals surface area contributed by atoms with E-state index in [1.54, 1.807) is 12.1 Å². The van der Waals surface area contributed by atoms with Crippen LogP contribution in [0, 0.1) is 11.3 Å². The maximum Gasteiger partial charge on any atom is 0.178 e. The van der Waals surface area contributed by atoms with E-state index in [9.17, 15) is 8.42 Å². The quantitative estimate of drug-likeness (QED) is 0.804. The van der Waals surface area contributed by atoms with Gasteiger partial charge in [0.15, 0.2) is 9.84 Å². The molecular formula is C11H10N4O2S. The molecule has 0 saturated carbocycles. The second kappa shape index (κ2) is 4.16. The summed E-state index contributed by atoms with van der Waals surface area (Å²) in [5.41, 5.74) is 7.11. The topological polar surface area (TPSA) is 102 Å². The van der Waals surface area contributed by atoms with Crippen molar-refractivity contribution in [2.45, 2.75) is 4.90 Å². The van der Waals surface area contributed by atoms with Crippen LogP contribution in [0.25, 0.3) is 5.69 Å². The zero-order chi connectivity index (χ0) is 13.3. The molecular weight excluding hydrogens is 252 g/mol. The molecule has 0 bridgehead atoms. The van der Waals surface area contributed by atoms with Gasteiger partial charge < -0.3 is 5.73 Å². The number of benzene rings is 1. The van der Waals surface area contributed by atoms with Gasteiger partial charge in [-0.3, -0.25) is 0 Å². The van der Waals surface area contributed by atoms with Crippen LogP contribution in [0.2, 0.25) is 0 Å². The highest BCUT2D eigenvalue weighted by Crippen LogP contribution is 2.19. The fourth-order valence-corrected chi connectivity index (χ4v) is 1.99. The molecule has 2 aromatic rings. The van der Waals surface area contributed by atoms with Gasteiger partial charge in [-0.2, -0.15) is 10.4 Å². The fourth-order valence-electron chi connectivity index (χ4n) is 1.46. The van der Waals surface area contributed by atoms with Gasteiger partial charge >= 0.3 is 0 Å². The van der Waals surface area contributed by atoms with Crippen molar-refractivity contribution < 1.29 is 8.42 Å². The Balaban J connectivity index is 2.51. The summed E-state index contributed by atoms with van der Waals surface area (Å²) in [6.07, 6.45) is 3.75. The molecule has 0 unspecified atom stereocenters. The molecule has 1 aromatic carbocycles. The van der Waals surface area contributed by atoms with E-state index in [2.05, 4.69) is 5.10 Å². The lowest BCUT2D eigenvalue weighted by atomic mass is 10.2. The smallest absolute Gasteiger partial charge is 0.178 e. The summed E-state index contributed by atoms with van der Waals surface area (Å²) in [6, 6.07) is 6.69. The molecule has 0 fully saturated rings. The molecule has 6 nitrogen and oxygen atoms in total. The third-order valence-electron chi connectivity index (χ3n) is 2.39. The molecule has 0 spiro atoms. The van der Waals surface area contributed by atoms with Crippen LogP contribution in [0.4, 0.5) is 5.69 Å². The highest BCUT2D eigenvalue weighted by Gasteiger charge is 2.12. The number of nitrogen functional groups attached to an aromatic ring is 1. The van der Waals surface area contributed by atoms with Crippen LogP contribution in [-0.4, -0.2) is 24.5 Å². The van der Waals surface area contributed by atoms with Gasteiger partial charge in [-0.1, -0.05) is 0 Å². The van der Waals surface area contributed by atoms with Crippen LogP contribution in [-0.2, 0) is 9.84 Å². The van der Waals surface area contributed by atoms with Gasteiger partial charge in [0.2, 0.25) is 0 Å². The third-order valence-corrected chi connectivity index (χ3v) is 3.46. The molecule has 0 amide bonds. The zero-order valence-corrected chi connectivity index (χ0v) is 10.3. The average Bonchev–Trinajstić information content (AvgIpc) is 2.77. The Hall–Kier alpha value is -2.33. The first kappa shape index (κ1) is 12.1. The predicted molar refractivity (Wildman–Crippen MR) is 65.8 cm³/mol. The van der Waals surface area contributed by atoms with Gasteiger partial charge in [0.1, 0.15) is 4.90 Å². The molecule has 0 aliphatic carbocycles.